The van der Waals surface area contributed by atoms with Gasteiger partial charge in [0, 0.05) is 6.54 Å². The second kappa shape index (κ2) is 5.99. The Bertz CT molecular complexity index is 1040. The molecule has 26 heavy (non-hydrogen) atoms. The van der Waals surface area contributed by atoms with E-state index < -0.39 is 0 Å². The van der Waals surface area contributed by atoms with E-state index >= 15 is 0 Å². The molecule has 1 aromatic carbocycles. The van der Waals surface area contributed by atoms with Crippen molar-refractivity contribution in [1.82, 2.24) is 40.3 Å². The summed E-state index contributed by atoms with van der Waals surface area (Å²) < 4.78 is 2.54. The molecule has 0 radical (unpaired) electrons. The maximum absolute atomic E-state index is 13.2. The number of carbonyl (C=O) groups is 1. The van der Waals surface area contributed by atoms with E-state index in [1.807, 2.05) is 23.1 Å². The van der Waals surface area contributed by atoms with E-state index in [2.05, 4.69) is 31.8 Å². The molecule has 9 nitrogen and oxygen atoms in total. The predicted molar refractivity (Wildman–Crippen MR) is 93.9 cm³/mol. The molecular weight excluding hydrogens is 352 g/mol. The minimum absolute atomic E-state index is 0.0171. The van der Waals surface area contributed by atoms with Crippen LogP contribution in [0.3, 0.4) is 0 Å². The summed E-state index contributed by atoms with van der Waals surface area (Å²) in [6, 6.07) is 8.03. The molecule has 1 atom stereocenters. The number of aromatic nitrogens is 7. The molecule has 1 unspecified atom stereocenters. The molecule has 1 aliphatic heterocycles. The Labute approximate surface area is 151 Å². The van der Waals surface area contributed by atoms with Crippen molar-refractivity contribution in [3.8, 4) is 5.82 Å². The minimum atomic E-state index is -0.0917. The highest BCUT2D eigenvalue weighted by molar-refractivity contribution is 7.18. The normalized spacial score (nSPS) is 17.2. The summed E-state index contributed by atoms with van der Waals surface area (Å²) in [7, 11) is 0. The SMILES string of the molecule is O=C(c1cn[nH]c1-n1cnnn1)N1CCCC1c1nc2ccccc2s1. The largest absolute Gasteiger partial charge is 0.329 e. The fourth-order valence-electron chi connectivity index (χ4n) is 3.33. The zero-order valence-corrected chi connectivity index (χ0v) is 14.4. The Hall–Kier alpha value is -3.14. The van der Waals surface area contributed by atoms with Crippen molar-refractivity contribution in [3.63, 3.8) is 0 Å². The number of likely N-dealkylation sites (tertiary alicyclic amines) is 1. The average Bonchev–Trinajstić information content (AvgIpc) is 3.47. The van der Waals surface area contributed by atoms with E-state index in [-0.39, 0.29) is 11.9 Å². The van der Waals surface area contributed by atoms with Crippen LogP contribution in [0.15, 0.2) is 36.8 Å². The molecule has 1 saturated heterocycles. The lowest BCUT2D eigenvalue weighted by Gasteiger charge is -2.22. The summed E-state index contributed by atoms with van der Waals surface area (Å²) >= 11 is 1.65. The van der Waals surface area contributed by atoms with Gasteiger partial charge in [-0.3, -0.25) is 9.89 Å². The summed E-state index contributed by atoms with van der Waals surface area (Å²) in [4.78, 5) is 19.8. The molecule has 0 aliphatic carbocycles. The lowest BCUT2D eigenvalue weighted by atomic mass is 10.2. The number of carbonyl (C=O) groups excluding carboxylic acids is 1. The fraction of sp³-hybridized carbons (Fsp3) is 0.250. The van der Waals surface area contributed by atoms with Crippen LogP contribution < -0.4 is 0 Å². The highest BCUT2D eigenvalue weighted by Gasteiger charge is 2.34. The zero-order chi connectivity index (χ0) is 17.5. The van der Waals surface area contributed by atoms with Gasteiger partial charge in [0.15, 0.2) is 5.82 Å². The lowest BCUT2D eigenvalue weighted by Crippen LogP contribution is -2.31. The standard InChI is InChI=1S/C16H14N8OS/c25-16(10-8-17-20-14(10)24-9-18-21-22-24)23-7-3-5-12(23)15-19-11-4-1-2-6-13(11)26-15/h1-2,4,6,8-9,12H,3,5,7H2,(H,17,20). The number of rotatable bonds is 3. The minimum Gasteiger partial charge on any atom is -0.329 e. The van der Waals surface area contributed by atoms with Crippen LogP contribution in [0, 0.1) is 0 Å². The number of para-hydroxylation sites is 1. The van der Waals surface area contributed by atoms with Gasteiger partial charge in [0.05, 0.1) is 22.5 Å². The van der Waals surface area contributed by atoms with Crippen LogP contribution >= 0.6 is 11.3 Å². The van der Waals surface area contributed by atoms with Crippen molar-refractivity contribution in [2.24, 2.45) is 0 Å². The van der Waals surface area contributed by atoms with Crippen LogP contribution in [0.5, 0.6) is 0 Å². The second-order valence-electron chi connectivity index (χ2n) is 6.06. The van der Waals surface area contributed by atoms with Crippen molar-refractivity contribution in [1.29, 1.82) is 0 Å². The topological polar surface area (TPSA) is 105 Å². The van der Waals surface area contributed by atoms with Crippen molar-refractivity contribution in [2.45, 2.75) is 18.9 Å². The first kappa shape index (κ1) is 15.1. The molecule has 0 spiro atoms. The van der Waals surface area contributed by atoms with Crippen molar-refractivity contribution < 1.29 is 4.79 Å². The summed E-state index contributed by atoms with van der Waals surface area (Å²) in [5.41, 5.74) is 1.43. The lowest BCUT2D eigenvalue weighted by molar-refractivity contribution is 0.0735. The second-order valence-corrected chi connectivity index (χ2v) is 7.13. The maximum atomic E-state index is 13.2. The number of amides is 1. The number of aromatic amines is 1. The fourth-order valence-corrected chi connectivity index (χ4v) is 4.44. The van der Waals surface area contributed by atoms with Gasteiger partial charge in [-0.05, 0) is 35.4 Å². The van der Waals surface area contributed by atoms with E-state index in [1.165, 1.54) is 17.2 Å². The highest BCUT2D eigenvalue weighted by atomic mass is 32.1. The molecule has 1 fully saturated rings. The summed E-state index contributed by atoms with van der Waals surface area (Å²) in [6.07, 6.45) is 4.81. The molecule has 130 valence electrons. The van der Waals surface area contributed by atoms with E-state index in [0.717, 1.165) is 28.1 Å². The predicted octanol–water partition coefficient (Wildman–Crippen LogP) is 1.97. The number of benzene rings is 1. The summed E-state index contributed by atoms with van der Waals surface area (Å²) in [5, 5.41) is 18.8. The maximum Gasteiger partial charge on any atom is 0.259 e. The van der Waals surface area contributed by atoms with Crippen LogP contribution in [-0.2, 0) is 0 Å². The van der Waals surface area contributed by atoms with Crippen LogP contribution in [0.1, 0.15) is 34.2 Å². The van der Waals surface area contributed by atoms with Gasteiger partial charge in [0.1, 0.15) is 16.9 Å². The third kappa shape index (κ3) is 2.37. The van der Waals surface area contributed by atoms with Crippen molar-refractivity contribution >= 4 is 27.5 Å². The number of tetrazole rings is 1. The summed E-state index contributed by atoms with van der Waals surface area (Å²) in [5.74, 6) is 0.376. The first-order valence-corrected chi connectivity index (χ1v) is 9.06. The smallest absolute Gasteiger partial charge is 0.259 e. The Morgan fingerprint density at radius 2 is 2.23 bits per heavy atom. The van der Waals surface area contributed by atoms with Gasteiger partial charge in [0.2, 0.25) is 0 Å². The van der Waals surface area contributed by atoms with Crippen LogP contribution in [0.4, 0.5) is 0 Å². The molecule has 1 amide bonds. The molecule has 0 bridgehead atoms. The molecule has 10 heteroatoms. The Kier molecular flexibility index (Phi) is 3.49. The van der Waals surface area contributed by atoms with Gasteiger partial charge in [0.25, 0.3) is 5.91 Å². The van der Waals surface area contributed by atoms with Gasteiger partial charge in [-0.15, -0.1) is 16.4 Å². The van der Waals surface area contributed by atoms with Gasteiger partial charge in [-0.25, -0.2) is 4.98 Å². The number of hydrogen-bond acceptors (Lipinski definition) is 7. The Morgan fingerprint density at radius 1 is 1.31 bits per heavy atom. The molecular formula is C16H14N8OS. The molecule has 4 aromatic rings. The number of fused-ring (bicyclic) bond motifs is 1. The van der Waals surface area contributed by atoms with Crippen LogP contribution in [-0.4, -0.2) is 52.7 Å². The number of thiazole rings is 1. The van der Waals surface area contributed by atoms with E-state index in [1.54, 1.807) is 11.3 Å². The molecule has 1 aliphatic rings. The van der Waals surface area contributed by atoms with E-state index in [4.69, 9.17) is 4.98 Å². The van der Waals surface area contributed by atoms with Gasteiger partial charge in [-0.1, -0.05) is 12.1 Å². The number of nitrogens with one attached hydrogen (secondary N) is 1. The van der Waals surface area contributed by atoms with Crippen molar-refractivity contribution in [3.05, 3.63) is 47.4 Å². The zero-order valence-electron chi connectivity index (χ0n) is 13.6. The molecule has 4 heterocycles. The van der Waals surface area contributed by atoms with Gasteiger partial charge in [-0.2, -0.15) is 9.78 Å². The van der Waals surface area contributed by atoms with Crippen LogP contribution in [0.25, 0.3) is 16.0 Å². The van der Waals surface area contributed by atoms with E-state index in [0.29, 0.717) is 17.9 Å². The third-order valence-corrected chi connectivity index (χ3v) is 5.67. The van der Waals surface area contributed by atoms with Gasteiger partial charge >= 0.3 is 0 Å². The quantitative estimate of drug-likeness (QED) is 0.594. The molecule has 5 rings (SSSR count). The number of H-pyrrole nitrogens is 1. The molecule has 3 aromatic heterocycles. The van der Waals surface area contributed by atoms with Crippen molar-refractivity contribution in [2.75, 3.05) is 6.54 Å². The molecule has 0 saturated carbocycles. The molecule has 1 N–H and O–H groups in total. The van der Waals surface area contributed by atoms with Gasteiger partial charge < -0.3 is 4.90 Å². The monoisotopic (exact) mass is 366 g/mol. The first-order chi connectivity index (χ1) is 12.8. The van der Waals surface area contributed by atoms with E-state index in [9.17, 15) is 4.79 Å². The number of hydrogen-bond donors (Lipinski definition) is 1. The summed E-state index contributed by atoms with van der Waals surface area (Å²) in [6.45, 7) is 0.694. The highest BCUT2D eigenvalue weighted by Crippen LogP contribution is 2.37. The third-order valence-electron chi connectivity index (χ3n) is 4.54. The average molecular weight is 366 g/mol. The first-order valence-electron chi connectivity index (χ1n) is 8.24. The Morgan fingerprint density at radius 3 is 3.08 bits per heavy atom. The Balaban J connectivity index is 1.49. The number of nitrogens with zero attached hydrogens (tertiary/aromatic N) is 7. The van der Waals surface area contributed by atoms with Crippen LogP contribution in [0.2, 0.25) is 0 Å².